The lowest BCUT2D eigenvalue weighted by Crippen LogP contribution is -2.06. The molecule has 0 saturated carbocycles. The fourth-order valence-electron chi connectivity index (χ4n) is 1.48. The summed E-state index contributed by atoms with van der Waals surface area (Å²) in [5, 5.41) is 0. The van der Waals surface area contributed by atoms with E-state index in [1.165, 1.54) is 0 Å². The molecule has 0 spiro atoms. The Kier molecular flexibility index (Phi) is 4.42. The second kappa shape index (κ2) is 6.50. The van der Waals surface area contributed by atoms with Crippen molar-refractivity contribution in [1.82, 2.24) is 0 Å². The van der Waals surface area contributed by atoms with Crippen molar-refractivity contribution in [2.24, 2.45) is 0 Å². The number of para-hydroxylation sites is 2. The van der Waals surface area contributed by atoms with Crippen LogP contribution in [0.5, 0.6) is 11.5 Å². The summed E-state index contributed by atoms with van der Waals surface area (Å²) in [4.78, 5) is 0. The first kappa shape index (κ1) is 12.2. The first-order chi connectivity index (χ1) is 8.88. The minimum atomic E-state index is 0.426. The largest absolute Gasteiger partial charge is 0.486 e. The molecule has 18 heavy (non-hydrogen) atoms. The van der Waals surface area contributed by atoms with E-state index in [0.29, 0.717) is 6.61 Å². The first-order valence-corrected chi connectivity index (χ1v) is 5.94. The highest BCUT2D eigenvalue weighted by atomic mass is 16.5. The zero-order chi connectivity index (χ0) is 12.6. The summed E-state index contributed by atoms with van der Waals surface area (Å²) in [5.41, 5.74) is 0. The van der Waals surface area contributed by atoms with Gasteiger partial charge in [0.05, 0.1) is 0 Å². The number of rotatable bonds is 5. The number of hydrogen-bond acceptors (Lipinski definition) is 2. The Labute approximate surface area is 107 Å². The summed E-state index contributed by atoms with van der Waals surface area (Å²) in [5.74, 6) is 2.46. The smallest absolute Gasteiger partial charge is 0.145 e. The van der Waals surface area contributed by atoms with E-state index in [2.05, 4.69) is 0 Å². The maximum Gasteiger partial charge on any atom is 0.145 e. The van der Waals surface area contributed by atoms with Gasteiger partial charge in [-0.2, -0.15) is 0 Å². The van der Waals surface area contributed by atoms with Crippen LogP contribution in [0.4, 0.5) is 0 Å². The third-order valence-electron chi connectivity index (χ3n) is 2.44. The van der Waals surface area contributed by atoms with E-state index < -0.39 is 0 Å². The van der Waals surface area contributed by atoms with E-state index in [1.54, 1.807) is 0 Å². The summed E-state index contributed by atoms with van der Waals surface area (Å²) in [7, 11) is 0. The van der Waals surface area contributed by atoms with E-state index >= 15 is 0 Å². The van der Waals surface area contributed by atoms with Gasteiger partial charge >= 0.3 is 0 Å². The fraction of sp³-hybridized carbons (Fsp3) is 0.125. The van der Waals surface area contributed by atoms with Gasteiger partial charge in [0.1, 0.15) is 23.9 Å². The SMILES string of the molecule is C/C=C(/COc1ccccc1)Oc1ccccc1. The number of hydrogen-bond donors (Lipinski definition) is 0. The summed E-state index contributed by atoms with van der Waals surface area (Å²) in [6, 6.07) is 19.4. The molecule has 0 aliphatic rings. The second-order valence-corrected chi connectivity index (χ2v) is 3.77. The Morgan fingerprint density at radius 1 is 0.889 bits per heavy atom. The lowest BCUT2D eigenvalue weighted by atomic mass is 10.3. The van der Waals surface area contributed by atoms with Crippen molar-refractivity contribution >= 4 is 0 Å². The molecule has 0 heterocycles. The molecule has 0 aliphatic carbocycles. The predicted molar refractivity (Wildman–Crippen MR) is 72.8 cm³/mol. The lowest BCUT2D eigenvalue weighted by Gasteiger charge is -2.11. The topological polar surface area (TPSA) is 18.5 Å². The van der Waals surface area contributed by atoms with Crippen LogP contribution in [0.25, 0.3) is 0 Å². The molecule has 2 aromatic carbocycles. The summed E-state index contributed by atoms with van der Waals surface area (Å²) in [6.07, 6.45) is 1.91. The Bertz CT molecular complexity index is 489. The average molecular weight is 240 g/mol. The van der Waals surface area contributed by atoms with Gasteiger partial charge in [-0.05, 0) is 37.3 Å². The highest BCUT2D eigenvalue weighted by Gasteiger charge is 2.01. The van der Waals surface area contributed by atoms with Crippen molar-refractivity contribution in [2.45, 2.75) is 6.92 Å². The zero-order valence-corrected chi connectivity index (χ0v) is 10.4. The van der Waals surface area contributed by atoms with Crippen LogP contribution < -0.4 is 9.47 Å². The van der Waals surface area contributed by atoms with E-state index in [1.807, 2.05) is 73.7 Å². The molecule has 0 unspecified atom stereocenters. The molecule has 0 aromatic heterocycles. The van der Waals surface area contributed by atoms with Crippen LogP contribution in [-0.4, -0.2) is 6.61 Å². The third kappa shape index (κ3) is 3.67. The van der Waals surface area contributed by atoms with Gasteiger partial charge in [-0.3, -0.25) is 0 Å². The molecule has 0 amide bonds. The van der Waals surface area contributed by atoms with Crippen molar-refractivity contribution in [2.75, 3.05) is 6.61 Å². The Morgan fingerprint density at radius 3 is 2.00 bits per heavy atom. The minimum Gasteiger partial charge on any atom is -0.486 e. The predicted octanol–water partition coefficient (Wildman–Crippen LogP) is 4.05. The molecule has 2 nitrogen and oxygen atoms in total. The van der Waals surface area contributed by atoms with Gasteiger partial charge in [0, 0.05) is 0 Å². The van der Waals surface area contributed by atoms with Crippen molar-refractivity contribution in [3.8, 4) is 11.5 Å². The van der Waals surface area contributed by atoms with Crippen LogP contribution in [-0.2, 0) is 0 Å². The molecule has 0 atom stereocenters. The van der Waals surface area contributed by atoms with Crippen molar-refractivity contribution in [1.29, 1.82) is 0 Å². The quantitative estimate of drug-likeness (QED) is 0.734. The Morgan fingerprint density at radius 2 is 1.44 bits per heavy atom. The number of benzene rings is 2. The van der Waals surface area contributed by atoms with Crippen molar-refractivity contribution < 1.29 is 9.47 Å². The molecule has 0 saturated heterocycles. The van der Waals surface area contributed by atoms with E-state index in [4.69, 9.17) is 9.47 Å². The molecule has 0 fully saturated rings. The molecule has 0 aliphatic heterocycles. The second-order valence-electron chi connectivity index (χ2n) is 3.77. The number of ether oxygens (including phenoxy) is 2. The summed E-state index contributed by atoms with van der Waals surface area (Å²) >= 11 is 0. The molecule has 2 heteroatoms. The maximum atomic E-state index is 5.72. The summed E-state index contributed by atoms with van der Waals surface area (Å²) in [6.45, 7) is 2.36. The van der Waals surface area contributed by atoms with Gasteiger partial charge in [0.25, 0.3) is 0 Å². The summed E-state index contributed by atoms with van der Waals surface area (Å²) < 4.78 is 11.4. The van der Waals surface area contributed by atoms with Gasteiger partial charge in [0.2, 0.25) is 0 Å². The van der Waals surface area contributed by atoms with Gasteiger partial charge < -0.3 is 9.47 Å². The monoisotopic (exact) mass is 240 g/mol. The van der Waals surface area contributed by atoms with Gasteiger partial charge in [-0.25, -0.2) is 0 Å². The van der Waals surface area contributed by atoms with E-state index in [9.17, 15) is 0 Å². The average Bonchev–Trinajstić information content (AvgIpc) is 2.45. The van der Waals surface area contributed by atoms with E-state index in [-0.39, 0.29) is 0 Å². The number of allylic oxidation sites excluding steroid dienone is 1. The normalized spacial score (nSPS) is 11.1. The highest BCUT2D eigenvalue weighted by molar-refractivity contribution is 5.24. The van der Waals surface area contributed by atoms with E-state index in [0.717, 1.165) is 17.3 Å². The van der Waals surface area contributed by atoms with Crippen LogP contribution in [0, 0.1) is 0 Å². The van der Waals surface area contributed by atoms with Crippen LogP contribution in [0.3, 0.4) is 0 Å². The van der Waals surface area contributed by atoms with Crippen LogP contribution in [0.1, 0.15) is 6.92 Å². The van der Waals surface area contributed by atoms with Crippen LogP contribution >= 0.6 is 0 Å². The van der Waals surface area contributed by atoms with Crippen LogP contribution in [0.2, 0.25) is 0 Å². The third-order valence-corrected chi connectivity index (χ3v) is 2.44. The first-order valence-electron chi connectivity index (χ1n) is 5.94. The fourth-order valence-corrected chi connectivity index (χ4v) is 1.48. The van der Waals surface area contributed by atoms with Gasteiger partial charge in [0.15, 0.2) is 0 Å². The molecule has 0 N–H and O–H groups in total. The molecule has 2 aromatic rings. The standard InChI is InChI=1S/C16H16O2/c1-2-14(18-16-11-7-4-8-12-16)13-17-15-9-5-3-6-10-15/h2-12H,13H2,1H3/b14-2-. The molecule has 0 bridgehead atoms. The zero-order valence-electron chi connectivity index (χ0n) is 10.4. The highest BCUT2D eigenvalue weighted by Crippen LogP contribution is 2.14. The molecular weight excluding hydrogens is 224 g/mol. The maximum absolute atomic E-state index is 5.72. The molecule has 0 radical (unpaired) electrons. The van der Waals surface area contributed by atoms with Gasteiger partial charge in [-0.1, -0.05) is 36.4 Å². The Balaban J connectivity index is 1.91. The van der Waals surface area contributed by atoms with Crippen molar-refractivity contribution in [3.05, 3.63) is 72.5 Å². The van der Waals surface area contributed by atoms with Crippen molar-refractivity contribution in [3.63, 3.8) is 0 Å². The molecule has 92 valence electrons. The van der Waals surface area contributed by atoms with Crippen LogP contribution in [0.15, 0.2) is 72.5 Å². The minimum absolute atomic E-state index is 0.426. The molecular formula is C16H16O2. The van der Waals surface area contributed by atoms with Gasteiger partial charge in [-0.15, -0.1) is 0 Å². The lowest BCUT2D eigenvalue weighted by molar-refractivity contribution is 0.280. The Hall–Kier alpha value is -2.22. The molecule has 2 rings (SSSR count).